The molecule has 0 aromatic heterocycles. The summed E-state index contributed by atoms with van der Waals surface area (Å²) in [4.78, 5) is 0. The van der Waals surface area contributed by atoms with E-state index in [-0.39, 0.29) is 0 Å². The molecule has 0 aromatic rings. The van der Waals surface area contributed by atoms with Crippen molar-refractivity contribution in [3.63, 3.8) is 0 Å². The predicted molar refractivity (Wildman–Crippen MR) is 58.9 cm³/mol. The quantitative estimate of drug-likeness (QED) is 0.660. The second kappa shape index (κ2) is 4.99. The van der Waals surface area contributed by atoms with Crippen LogP contribution in [-0.2, 0) is 0 Å². The zero-order chi connectivity index (χ0) is 9.73. The van der Waals surface area contributed by atoms with Gasteiger partial charge < -0.3 is 5.32 Å². The molecule has 0 amide bonds. The van der Waals surface area contributed by atoms with Gasteiger partial charge in [0.15, 0.2) is 0 Å². The van der Waals surface area contributed by atoms with Gasteiger partial charge in [-0.3, -0.25) is 0 Å². The second-order valence-corrected chi connectivity index (χ2v) is 5.10. The Labute approximate surface area is 83.3 Å². The lowest BCUT2D eigenvalue weighted by atomic mass is 9.70. The highest BCUT2D eigenvalue weighted by atomic mass is 14.8. The summed E-state index contributed by atoms with van der Waals surface area (Å²) in [5.74, 6) is 0.979. The number of hydrogen-bond acceptors (Lipinski definition) is 1. The van der Waals surface area contributed by atoms with Gasteiger partial charge in [0.05, 0.1) is 0 Å². The summed E-state index contributed by atoms with van der Waals surface area (Å²) in [6.07, 6.45) is 7.15. The Kier molecular flexibility index (Phi) is 4.24. The molecule has 1 fully saturated rings. The normalized spacial score (nSPS) is 34.8. The molecule has 1 aliphatic carbocycles. The Morgan fingerprint density at radius 3 is 2.46 bits per heavy atom. The van der Waals surface area contributed by atoms with Crippen molar-refractivity contribution in [2.24, 2.45) is 11.3 Å². The minimum atomic E-state index is 0.648. The fourth-order valence-corrected chi connectivity index (χ4v) is 2.28. The first-order chi connectivity index (χ1) is 6.16. The maximum Gasteiger partial charge on any atom is -0.00438 e. The van der Waals surface area contributed by atoms with Crippen LogP contribution in [-0.4, -0.2) is 13.1 Å². The fourth-order valence-electron chi connectivity index (χ4n) is 2.28. The van der Waals surface area contributed by atoms with Crippen molar-refractivity contribution < 1.29 is 0 Å². The van der Waals surface area contributed by atoms with E-state index in [4.69, 9.17) is 0 Å². The molecule has 0 bridgehead atoms. The van der Waals surface area contributed by atoms with Crippen LogP contribution < -0.4 is 5.32 Å². The van der Waals surface area contributed by atoms with Gasteiger partial charge in [-0.25, -0.2) is 0 Å². The van der Waals surface area contributed by atoms with Gasteiger partial charge >= 0.3 is 0 Å². The molecule has 0 heterocycles. The largest absolute Gasteiger partial charge is 0.317 e. The van der Waals surface area contributed by atoms with Crippen molar-refractivity contribution >= 4 is 0 Å². The smallest absolute Gasteiger partial charge is 0.00438 e. The van der Waals surface area contributed by atoms with E-state index in [0.29, 0.717) is 5.41 Å². The van der Waals surface area contributed by atoms with Gasteiger partial charge in [-0.1, -0.05) is 33.6 Å². The third-order valence-electron chi connectivity index (χ3n) is 3.64. The molecular formula is C12H25N. The van der Waals surface area contributed by atoms with Gasteiger partial charge in [-0.2, -0.15) is 0 Å². The number of rotatable bonds is 4. The first kappa shape index (κ1) is 11.0. The summed E-state index contributed by atoms with van der Waals surface area (Å²) < 4.78 is 0. The first-order valence-electron chi connectivity index (χ1n) is 5.87. The van der Waals surface area contributed by atoms with Crippen LogP contribution in [0, 0.1) is 11.3 Å². The fraction of sp³-hybridized carbons (Fsp3) is 1.00. The summed E-state index contributed by atoms with van der Waals surface area (Å²) in [7, 11) is 0. The molecule has 0 aliphatic heterocycles. The number of hydrogen-bond donors (Lipinski definition) is 1. The maximum atomic E-state index is 3.43. The SMILES string of the molecule is CCNCCC1(C)CCC(C)CC1. The summed E-state index contributed by atoms with van der Waals surface area (Å²) in [5, 5.41) is 3.43. The van der Waals surface area contributed by atoms with Crippen LogP contribution in [0.3, 0.4) is 0 Å². The molecule has 0 radical (unpaired) electrons. The van der Waals surface area contributed by atoms with Crippen LogP contribution in [0.25, 0.3) is 0 Å². The van der Waals surface area contributed by atoms with Gasteiger partial charge in [0, 0.05) is 0 Å². The highest BCUT2D eigenvalue weighted by molar-refractivity contribution is 4.81. The van der Waals surface area contributed by atoms with Crippen molar-refractivity contribution in [3.05, 3.63) is 0 Å². The molecule has 13 heavy (non-hydrogen) atoms. The maximum absolute atomic E-state index is 3.43. The Bertz CT molecular complexity index is 134. The second-order valence-electron chi connectivity index (χ2n) is 5.10. The van der Waals surface area contributed by atoms with E-state index in [1.165, 1.54) is 38.6 Å². The first-order valence-corrected chi connectivity index (χ1v) is 5.87. The molecule has 1 aliphatic rings. The topological polar surface area (TPSA) is 12.0 Å². The van der Waals surface area contributed by atoms with E-state index >= 15 is 0 Å². The Hall–Kier alpha value is -0.0400. The average molecular weight is 183 g/mol. The summed E-state index contributed by atoms with van der Waals surface area (Å²) in [6, 6.07) is 0. The predicted octanol–water partition coefficient (Wildman–Crippen LogP) is 3.20. The van der Waals surface area contributed by atoms with Crippen molar-refractivity contribution in [2.75, 3.05) is 13.1 Å². The van der Waals surface area contributed by atoms with Crippen LogP contribution in [0.2, 0.25) is 0 Å². The van der Waals surface area contributed by atoms with Gasteiger partial charge in [0.1, 0.15) is 0 Å². The highest BCUT2D eigenvalue weighted by Crippen LogP contribution is 2.40. The lowest BCUT2D eigenvalue weighted by Crippen LogP contribution is -2.28. The molecule has 0 unspecified atom stereocenters. The molecule has 1 saturated carbocycles. The molecule has 0 atom stereocenters. The third-order valence-corrected chi connectivity index (χ3v) is 3.64. The van der Waals surface area contributed by atoms with Crippen molar-refractivity contribution in [1.29, 1.82) is 0 Å². The standard InChI is InChI=1S/C12H25N/c1-4-13-10-9-12(3)7-5-11(2)6-8-12/h11,13H,4-10H2,1-3H3. The zero-order valence-corrected chi connectivity index (χ0v) is 9.53. The highest BCUT2D eigenvalue weighted by Gasteiger charge is 2.28. The Morgan fingerprint density at radius 1 is 1.31 bits per heavy atom. The molecule has 0 saturated heterocycles. The van der Waals surface area contributed by atoms with E-state index in [1.54, 1.807) is 0 Å². The van der Waals surface area contributed by atoms with E-state index < -0.39 is 0 Å². The molecule has 1 rings (SSSR count). The minimum absolute atomic E-state index is 0.648. The van der Waals surface area contributed by atoms with Crippen LogP contribution in [0.15, 0.2) is 0 Å². The van der Waals surface area contributed by atoms with E-state index in [2.05, 4.69) is 26.1 Å². The van der Waals surface area contributed by atoms with E-state index in [0.717, 1.165) is 12.5 Å². The number of nitrogens with one attached hydrogen (secondary N) is 1. The van der Waals surface area contributed by atoms with Crippen molar-refractivity contribution in [1.82, 2.24) is 5.32 Å². The third kappa shape index (κ3) is 3.68. The average Bonchev–Trinajstić information content (AvgIpc) is 2.12. The van der Waals surface area contributed by atoms with Gasteiger partial charge in [-0.15, -0.1) is 0 Å². The summed E-state index contributed by atoms with van der Waals surface area (Å²) in [5.41, 5.74) is 0.648. The van der Waals surface area contributed by atoms with Crippen molar-refractivity contribution in [2.45, 2.75) is 52.9 Å². The summed E-state index contributed by atoms with van der Waals surface area (Å²) in [6.45, 7) is 9.37. The molecule has 1 nitrogen and oxygen atoms in total. The molecular weight excluding hydrogens is 158 g/mol. The molecule has 1 heteroatoms. The Balaban J connectivity index is 2.22. The van der Waals surface area contributed by atoms with Crippen LogP contribution in [0.5, 0.6) is 0 Å². The Morgan fingerprint density at radius 2 is 1.92 bits per heavy atom. The van der Waals surface area contributed by atoms with Crippen LogP contribution in [0.4, 0.5) is 0 Å². The zero-order valence-electron chi connectivity index (χ0n) is 9.53. The molecule has 78 valence electrons. The minimum Gasteiger partial charge on any atom is -0.317 e. The lowest BCUT2D eigenvalue weighted by Gasteiger charge is -2.36. The van der Waals surface area contributed by atoms with Crippen LogP contribution >= 0.6 is 0 Å². The molecule has 0 aromatic carbocycles. The molecule has 0 spiro atoms. The van der Waals surface area contributed by atoms with Crippen molar-refractivity contribution in [3.8, 4) is 0 Å². The van der Waals surface area contributed by atoms with Gasteiger partial charge in [0.2, 0.25) is 0 Å². The van der Waals surface area contributed by atoms with Crippen LogP contribution in [0.1, 0.15) is 52.9 Å². The van der Waals surface area contributed by atoms with E-state index in [9.17, 15) is 0 Å². The summed E-state index contributed by atoms with van der Waals surface area (Å²) >= 11 is 0. The monoisotopic (exact) mass is 183 g/mol. The van der Waals surface area contributed by atoms with E-state index in [1.807, 2.05) is 0 Å². The van der Waals surface area contributed by atoms with Gasteiger partial charge in [-0.05, 0) is 43.7 Å². The lowest BCUT2D eigenvalue weighted by molar-refractivity contribution is 0.164. The molecule has 1 N–H and O–H groups in total. The van der Waals surface area contributed by atoms with Gasteiger partial charge in [0.25, 0.3) is 0 Å².